The van der Waals surface area contributed by atoms with Crippen LogP contribution < -0.4 is 4.74 Å². The smallest absolute Gasteiger partial charge is 0.407 e. The van der Waals surface area contributed by atoms with Gasteiger partial charge in [-0.05, 0) is 56.2 Å². The minimum Gasteiger partial charge on any atom is -0.465 e. The fourth-order valence-corrected chi connectivity index (χ4v) is 3.87. The van der Waals surface area contributed by atoms with Crippen molar-refractivity contribution in [2.45, 2.75) is 60.9 Å². The van der Waals surface area contributed by atoms with E-state index in [1.807, 2.05) is 39.0 Å². The zero-order valence-corrected chi connectivity index (χ0v) is 18.1. The summed E-state index contributed by atoms with van der Waals surface area (Å²) in [5.74, 6) is 0.358. The molecule has 2 rings (SSSR count). The molecular formula is C23H33NO4. The standard InChI is InChI=1S/C23H33NO4/c1-15-17(11-12-24(21(26)27)19(15)22(2,3)4)13-16-9-8-10-18(14-16)28-20(25)23(5,6)7/h8-10,13-15,19H,11-12H2,1-7H3,(H,26,27). The van der Waals surface area contributed by atoms with Gasteiger partial charge in [-0.15, -0.1) is 0 Å². The third-order valence-corrected chi connectivity index (χ3v) is 5.20. The van der Waals surface area contributed by atoms with Crippen LogP contribution in [-0.4, -0.2) is 34.7 Å². The summed E-state index contributed by atoms with van der Waals surface area (Å²) in [7, 11) is 0. The van der Waals surface area contributed by atoms with Crippen LogP contribution in [0, 0.1) is 16.7 Å². The molecule has 1 aliphatic heterocycles. The summed E-state index contributed by atoms with van der Waals surface area (Å²) < 4.78 is 5.51. The highest BCUT2D eigenvalue weighted by Gasteiger charge is 2.41. The van der Waals surface area contributed by atoms with Crippen molar-refractivity contribution in [3.8, 4) is 5.75 Å². The molecule has 1 saturated heterocycles. The average molecular weight is 388 g/mol. The third-order valence-electron chi connectivity index (χ3n) is 5.20. The molecule has 1 amide bonds. The first-order valence-electron chi connectivity index (χ1n) is 9.83. The highest BCUT2D eigenvalue weighted by Crippen LogP contribution is 2.39. The molecule has 5 heteroatoms. The number of carboxylic acid groups (broad SMARTS) is 1. The van der Waals surface area contributed by atoms with E-state index < -0.39 is 11.5 Å². The Bertz CT molecular complexity index is 768. The van der Waals surface area contributed by atoms with Crippen LogP contribution in [0.5, 0.6) is 5.75 Å². The number of amides is 1. The van der Waals surface area contributed by atoms with E-state index in [2.05, 4.69) is 33.8 Å². The molecule has 5 nitrogen and oxygen atoms in total. The maximum Gasteiger partial charge on any atom is 0.407 e. The van der Waals surface area contributed by atoms with Gasteiger partial charge in [-0.1, -0.05) is 51.5 Å². The molecule has 1 aromatic carbocycles. The molecule has 0 radical (unpaired) electrons. The summed E-state index contributed by atoms with van der Waals surface area (Å²) >= 11 is 0. The molecule has 1 heterocycles. The second kappa shape index (κ2) is 7.98. The molecule has 0 bridgehead atoms. The number of esters is 1. The lowest BCUT2D eigenvalue weighted by molar-refractivity contribution is -0.143. The monoisotopic (exact) mass is 387 g/mol. The number of hydrogen-bond acceptors (Lipinski definition) is 3. The number of piperidine rings is 1. The van der Waals surface area contributed by atoms with Crippen molar-refractivity contribution < 1.29 is 19.4 Å². The number of ether oxygens (including phenoxy) is 1. The van der Waals surface area contributed by atoms with E-state index in [9.17, 15) is 14.7 Å². The van der Waals surface area contributed by atoms with Crippen molar-refractivity contribution in [3.63, 3.8) is 0 Å². The zero-order chi connectivity index (χ0) is 21.3. The number of carbonyl (C=O) groups excluding carboxylic acids is 1. The van der Waals surface area contributed by atoms with Gasteiger partial charge in [-0.25, -0.2) is 4.79 Å². The van der Waals surface area contributed by atoms with Crippen LogP contribution in [0.3, 0.4) is 0 Å². The Hall–Kier alpha value is -2.30. The van der Waals surface area contributed by atoms with Gasteiger partial charge in [0.2, 0.25) is 0 Å². The van der Waals surface area contributed by atoms with E-state index in [1.165, 1.54) is 5.57 Å². The lowest BCUT2D eigenvalue weighted by Gasteiger charge is -2.46. The average Bonchev–Trinajstić information content (AvgIpc) is 2.54. The van der Waals surface area contributed by atoms with E-state index in [1.54, 1.807) is 11.0 Å². The molecule has 0 aliphatic carbocycles. The topological polar surface area (TPSA) is 66.8 Å². The van der Waals surface area contributed by atoms with Crippen molar-refractivity contribution in [1.82, 2.24) is 4.90 Å². The van der Waals surface area contributed by atoms with Crippen LogP contribution in [0.4, 0.5) is 4.79 Å². The summed E-state index contributed by atoms with van der Waals surface area (Å²) in [5, 5.41) is 9.61. The Kier molecular flexibility index (Phi) is 6.27. The van der Waals surface area contributed by atoms with Crippen molar-refractivity contribution in [2.24, 2.45) is 16.7 Å². The number of likely N-dealkylation sites (tertiary alicyclic amines) is 1. The minimum atomic E-state index is -0.859. The fourth-order valence-electron chi connectivity index (χ4n) is 3.87. The van der Waals surface area contributed by atoms with Gasteiger partial charge in [0.25, 0.3) is 0 Å². The summed E-state index contributed by atoms with van der Waals surface area (Å²) in [6, 6.07) is 7.39. The lowest BCUT2D eigenvalue weighted by Crippen LogP contribution is -2.54. The van der Waals surface area contributed by atoms with Gasteiger partial charge in [0, 0.05) is 12.6 Å². The molecule has 1 aromatic rings. The Morgan fingerprint density at radius 3 is 2.36 bits per heavy atom. The summed E-state index contributed by atoms with van der Waals surface area (Å²) in [6.07, 6.45) is 1.95. The Labute approximate surface area is 168 Å². The first-order chi connectivity index (χ1) is 12.8. The van der Waals surface area contributed by atoms with E-state index in [0.717, 1.165) is 5.56 Å². The summed E-state index contributed by atoms with van der Waals surface area (Å²) in [5.41, 5.74) is 1.45. The van der Waals surface area contributed by atoms with Crippen LogP contribution in [0.25, 0.3) is 6.08 Å². The van der Waals surface area contributed by atoms with Gasteiger partial charge in [-0.3, -0.25) is 4.79 Å². The lowest BCUT2D eigenvalue weighted by atomic mass is 9.72. The maximum absolute atomic E-state index is 12.1. The Morgan fingerprint density at radius 1 is 1.18 bits per heavy atom. The van der Waals surface area contributed by atoms with Crippen LogP contribution in [0.2, 0.25) is 0 Å². The van der Waals surface area contributed by atoms with Crippen molar-refractivity contribution in [2.75, 3.05) is 6.54 Å². The van der Waals surface area contributed by atoms with Gasteiger partial charge in [0.05, 0.1) is 5.41 Å². The number of hydrogen-bond donors (Lipinski definition) is 1. The molecule has 0 spiro atoms. The Morgan fingerprint density at radius 2 is 1.82 bits per heavy atom. The van der Waals surface area contributed by atoms with Crippen LogP contribution in [0.1, 0.15) is 60.5 Å². The van der Waals surface area contributed by atoms with Crippen molar-refractivity contribution in [3.05, 3.63) is 35.4 Å². The van der Waals surface area contributed by atoms with Gasteiger partial charge < -0.3 is 14.7 Å². The van der Waals surface area contributed by atoms with E-state index in [-0.39, 0.29) is 23.3 Å². The molecule has 2 atom stereocenters. The molecule has 154 valence electrons. The fraction of sp³-hybridized carbons (Fsp3) is 0.565. The normalized spacial score (nSPS) is 22.2. The van der Waals surface area contributed by atoms with E-state index in [4.69, 9.17) is 4.74 Å². The molecule has 2 unspecified atom stereocenters. The first-order valence-corrected chi connectivity index (χ1v) is 9.83. The number of nitrogens with zero attached hydrogens (tertiary/aromatic N) is 1. The van der Waals surface area contributed by atoms with Gasteiger partial charge in [0.1, 0.15) is 5.75 Å². The third kappa shape index (κ3) is 5.15. The predicted molar refractivity (Wildman–Crippen MR) is 111 cm³/mol. The molecular weight excluding hydrogens is 354 g/mol. The molecule has 1 aliphatic rings. The van der Waals surface area contributed by atoms with E-state index in [0.29, 0.717) is 18.7 Å². The summed E-state index contributed by atoms with van der Waals surface area (Å²) in [6.45, 7) is 14.3. The van der Waals surface area contributed by atoms with Crippen molar-refractivity contribution >= 4 is 18.1 Å². The number of benzene rings is 1. The number of rotatable bonds is 2. The molecule has 1 N–H and O–H groups in total. The summed E-state index contributed by atoms with van der Waals surface area (Å²) in [4.78, 5) is 25.4. The van der Waals surface area contributed by atoms with Gasteiger partial charge >= 0.3 is 12.1 Å². The second-order valence-electron chi connectivity index (χ2n) is 9.76. The van der Waals surface area contributed by atoms with Crippen LogP contribution >= 0.6 is 0 Å². The molecule has 0 saturated carbocycles. The van der Waals surface area contributed by atoms with Crippen LogP contribution in [-0.2, 0) is 4.79 Å². The zero-order valence-electron chi connectivity index (χ0n) is 18.1. The SMILES string of the molecule is CC1C(=Cc2cccc(OC(=O)C(C)(C)C)c2)CCN(C(=O)O)C1C(C)(C)C. The largest absolute Gasteiger partial charge is 0.465 e. The van der Waals surface area contributed by atoms with Crippen LogP contribution in [0.15, 0.2) is 29.8 Å². The predicted octanol–water partition coefficient (Wildman–Crippen LogP) is 5.46. The first kappa shape index (κ1) is 22.0. The number of carbonyl (C=O) groups is 2. The van der Waals surface area contributed by atoms with Crippen molar-refractivity contribution in [1.29, 1.82) is 0 Å². The minimum absolute atomic E-state index is 0.0908. The van der Waals surface area contributed by atoms with Gasteiger partial charge in [0.15, 0.2) is 0 Å². The maximum atomic E-state index is 12.1. The van der Waals surface area contributed by atoms with Gasteiger partial charge in [-0.2, -0.15) is 0 Å². The second-order valence-corrected chi connectivity index (χ2v) is 9.76. The van der Waals surface area contributed by atoms with E-state index >= 15 is 0 Å². The highest BCUT2D eigenvalue weighted by molar-refractivity contribution is 5.78. The molecule has 0 aromatic heterocycles. The molecule has 28 heavy (non-hydrogen) atoms. The Balaban J connectivity index is 2.29. The highest BCUT2D eigenvalue weighted by atomic mass is 16.5. The quantitative estimate of drug-likeness (QED) is 0.541. The molecule has 1 fully saturated rings.